The number of benzene rings is 3. The van der Waals surface area contributed by atoms with Crippen molar-refractivity contribution in [2.75, 3.05) is 12.0 Å². The summed E-state index contributed by atoms with van der Waals surface area (Å²) in [4.78, 5) is 26.3. The van der Waals surface area contributed by atoms with Gasteiger partial charge < -0.3 is 15.6 Å². The number of fused-ring (bicyclic) bond motifs is 1. The van der Waals surface area contributed by atoms with Crippen molar-refractivity contribution in [1.29, 1.82) is 0 Å². The molecular formula is C23H20N4O4S. The van der Waals surface area contributed by atoms with Crippen LogP contribution in [0, 0.1) is 0 Å². The fourth-order valence-corrected chi connectivity index (χ4v) is 4.25. The van der Waals surface area contributed by atoms with E-state index >= 15 is 0 Å². The Bertz CT molecular complexity index is 1240. The number of ether oxygens (including phenoxy) is 1. The second-order valence-electron chi connectivity index (χ2n) is 6.98. The first kappa shape index (κ1) is 21.4. The monoisotopic (exact) mass is 448 g/mol. The predicted molar refractivity (Wildman–Crippen MR) is 126 cm³/mol. The van der Waals surface area contributed by atoms with Gasteiger partial charge >= 0.3 is 0 Å². The molecule has 0 aliphatic carbocycles. The maximum absolute atomic E-state index is 12.8. The lowest BCUT2D eigenvalue weighted by Crippen LogP contribution is -2.31. The van der Waals surface area contributed by atoms with Crippen LogP contribution in [0.2, 0.25) is 0 Å². The second kappa shape index (κ2) is 9.11. The molecule has 0 radical (unpaired) electrons. The van der Waals surface area contributed by atoms with Crippen molar-refractivity contribution in [2.45, 2.75) is 11.7 Å². The average Bonchev–Trinajstić information content (AvgIpc) is 3.08. The lowest BCUT2D eigenvalue weighted by Gasteiger charge is -2.15. The number of amides is 2. The SMILES string of the molecule is COc1ccc(N2C(=O)C[C@H](SC(N)=N/N=C/c3c(O)ccc4ccccc34)C2=O)cc1. The molecule has 1 aliphatic rings. The molecule has 1 saturated heterocycles. The fraction of sp³-hybridized carbons (Fsp3) is 0.130. The van der Waals surface area contributed by atoms with E-state index in [1.165, 1.54) is 6.21 Å². The predicted octanol–water partition coefficient (Wildman–Crippen LogP) is 3.27. The largest absolute Gasteiger partial charge is 0.507 e. The van der Waals surface area contributed by atoms with E-state index in [0.29, 0.717) is 17.0 Å². The molecule has 0 spiro atoms. The van der Waals surface area contributed by atoms with Crippen LogP contribution in [0.5, 0.6) is 11.5 Å². The molecule has 1 atom stereocenters. The molecular weight excluding hydrogens is 428 g/mol. The zero-order valence-corrected chi connectivity index (χ0v) is 18.0. The molecule has 3 aromatic rings. The molecule has 1 heterocycles. The number of carbonyl (C=O) groups excluding carboxylic acids is 2. The minimum absolute atomic E-state index is 0.0135. The summed E-state index contributed by atoms with van der Waals surface area (Å²) in [5, 5.41) is 19.2. The zero-order valence-electron chi connectivity index (χ0n) is 17.1. The number of rotatable bonds is 5. The zero-order chi connectivity index (χ0) is 22.7. The van der Waals surface area contributed by atoms with Crippen LogP contribution < -0.4 is 15.4 Å². The van der Waals surface area contributed by atoms with Crippen LogP contribution in [0.1, 0.15) is 12.0 Å². The van der Waals surface area contributed by atoms with E-state index < -0.39 is 5.25 Å². The van der Waals surface area contributed by atoms with Gasteiger partial charge in [-0.15, -0.1) is 5.10 Å². The van der Waals surface area contributed by atoms with Crippen molar-refractivity contribution >= 4 is 51.4 Å². The van der Waals surface area contributed by atoms with Crippen molar-refractivity contribution in [3.05, 3.63) is 66.2 Å². The van der Waals surface area contributed by atoms with Gasteiger partial charge in [-0.25, -0.2) is 4.90 Å². The van der Waals surface area contributed by atoms with Crippen molar-refractivity contribution in [1.82, 2.24) is 0 Å². The average molecular weight is 449 g/mol. The third-order valence-electron chi connectivity index (χ3n) is 4.99. The molecule has 1 fully saturated rings. The minimum Gasteiger partial charge on any atom is -0.507 e. The fourth-order valence-electron chi connectivity index (χ4n) is 3.43. The van der Waals surface area contributed by atoms with Crippen LogP contribution in [-0.4, -0.2) is 40.7 Å². The number of nitrogens with zero attached hydrogens (tertiary/aromatic N) is 3. The number of methoxy groups -OCH3 is 1. The minimum atomic E-state index is -0.686. The molecule has 0 aromatic heterocycles. The van der Waals surface area contributed by atoms with Gasteiger partial charge in [0, 0.05) is 12.0 Å². The van der Waals surface area contributed by atoms with E-state index in [9.17, 15) is 14.7 Å². The van der Waals surface area contributed by atoms with Gasteiger partial charge in [0.1, 0.15) is 16.7 Å². The van der Waals surface area contributed by atoms with E-state index in [-0.39, 0.29) is 29.2 Å². The van der Waals surface area contributed by atoms with Gasteiger partial charge in [-0.1, -0.05) is 42.1 Å². The Morgan fingerprint density at radius 2 is 1.91 bits per heavy atom. The molecule has 0 unspecified atom stereocenters. The van der Waals surface area contributed by atoms with E-state index in [1.54, 1.807) is 37.4 Å². The quantitative estimate of drug-likeness (QED) is 0.268. The molecule has 32 heavy (non-hydrogen) atoms. The summed E-state index contributed by atoms with van der Waals surface area (Å²) >= 11 is 0.983. The number of hydrogen-bond acceptors (Lipinski definition) is 7. The summed E-state index contributed by atoms with van der Waals surface area (Å²) in [6.07, 6.45) is 1.43. The lowest BCUT2D eigenvalue weighted by molar-refractivity contribution is -0.121. The smallest absolute Gasteiger partial charge is 0.247 e. The number of nitrogens with two attached hydrogens (primary N) is 1. The van der Waals surface area contributed by atoms with Crippen LogP contribution in [0.25, 0.3) is 10.8 Å². The van der Waals surface area contributed by atoms with Crippen LogP contribution in [0.4, 0.5) is 5.69 Å². The van der Waals surface area contributed by atoms with Crippen molar-refractivity contribution in [2.24, 2.45) is 15.9 Å². The van der Waals surface area contributed by atoms with Gasteiger partial charge in [0.2, 0.25) is 11.8 Å². The molecule has 3 aromatic carbocycles. The Kier molecular flexibility index (Phi) is 6.09. The number of phenols is 1. The Hall–Kier alpha value is -3.85. The van der Waals surface area contributed by atoms with Crippen molar-refractivity contribution in [3.8, 4) is 11.5 Å². The first-order chi connectivity index (χ1) is 15.5. The maximum atomic E-state index is 12.8. The number of anilines is 1. The molecule has 0 saturated carbocycles. The highest BCUT2D eigenvalue weighted by Gasteiger charge is 2.40. The van der Waals surface area contributed by atoms with Gasteiger partial charge in [-0.3, -0.25) is 9.59 Å². The summed E-state index contributed by atoms with van der Waals surface area (Å²) in [5.41, 5.74) is 6.93. The maximum Gasteiger partial charge on any atom is 0.247 e. The van der Waals surface area contributed by atoms with Gasteiger partial charge in [0.25, 0.3) is 0 Å². The van der Waals surface area contributed by atoms with Crippen molar-refractivity contribution in [3.63, 3.8) is 0 Å². The second-order valence-corrected chi connectivity index (χ2v) is 8.20. The van der Waals surface area contributed by atoms with Crippen LogP contribution in [0.15, 0.2) is 70.9 Å². The molecule has 9 heteroatoms. The standard InChI is InChI=1S/C23H20N4O4S/c1-31-16-9-7-15(8-10-16)27-21(29)12-20(22(27)30)32-23(24)26-25-13-18-17-5-3-2-4-14(17)6-11-19(18)28/h2-11,13,20,28H,12H2,1H3,(H2,24,26)/b25-13+/t20-/m0/s1. The number of hydrogen-bond donors (Lipinski definition) is 2. The Labute approximate surface area is 188 Å². The van der Waals surface area contributed by atoms with Crippen molar-refractivity contribution < 1.29 is 19.4 Å². The first-order valence-corrected chi connectivity index (χ1v) is 10.6. The van der Waals surface area contributed by atoms with E-state index in [0.717, 1.165) is 27.4 Å². The number of phenolic OH excluding ortho intramolecular Hbond substituents is 1. The molecule has 0 bridgehead atoms. The van der Waals surface area contributed by atoms with Gasteiger partial charge in [0.05, 0.1) is 19.0 Å². The summed E-state index contributed by atoms with van der Waals surface area (Å²) < 4.78 is 5.11. The van der Waals surface area contributed by atoms with Gasteiger partial charge in [-0.2, -0.15) is 5.10 Å². The number of aromatic hydroxyl groups is 1. The first-order valence-electron chi connectivity index (χ1n) is 9.72. The van der Waals surface area contributed by atoms with Crippen LogP contribution in [0.3, 0.4) is 0 Å². The molecule has 162 valence electrons. The van der Waals surface area contributed by atoms with E-state index in [2.05, 4.69) is 10.2 Å². The molecule has 4 rings (SSSR count). The Morgan fingerprint density at radius 3 is 2.66 bits per heavy atom. The molecule has 8 nitrogen and oxygen atoms in total. The summed E-state index contributed by atoms with van der Waals surface area (Å²) in [7, 11) is 1.54. The Morgan fingerprint density at radius 1 is 1.16 bits per heavy atom. The molecule has 1 aliphatic heterocycles. The number of thioether (sulfide) groups is 1. The lowest BCUT2D eigenvalue weighted by atomic mass is 10.0. The van der Waals surface area contributed by atoms with E-state index in [4.69, 9.17) is 10.5 Å². The van der Waals surface area contributed by atoms with Crippen LogP contribution in [-0.2, 0) is 9.59 Å². The molecule has 3 N–H and O–H groups in total. The number of carbonyl (C=O) groups is 2. The third-order valence-corrected chi connectivity index (χ3v) is 5.97. The summed E-state index contributed by atoms with van der Waals surface area (Å²) in [6.45, 7) is 0. The number of amidine groups is 1. The number of imide groups is 1. The normalized spacial score (nSPS) is 17.0. The highest BCUT2D eigenvalue weighted by Crippen LogP contribution is 2.31. The highest BCUT2D eigenvalue weighted by molar-refractivity contribution is 8.14. The Balaban J connectivity index is 1.47. The van der Waals surface area contributed by atoms with Gasteiger partial charge in [0.15, 0.2) is 5.17 Å². The highest BCUT2D eigenvalue weighted by atomic mass is 32.2. The third kappa shape index (κ3) is 4.28. The van der Waals surface area contributed by atoms with Gasteiger partial charge in [-0.05, 0) is 41.1 Å². The summed E-state index contributed by atoms with van der Waals surface area (Å²) in [5.74, 6) is 0.0273. The molecule has 2 amide bonds. The topological polar surface area (TPSA) is 118 Å². The van der Waals surface area contributed by atoms with Crippen LogP contribution >= 0.6 is 11.8 Å². The summed E-state index contributed by atoms with van der Waals surface area (Å²) in [6, 6.07) is 17.6. The van der Waals surface area contributed by atoms with E-state index in [1.807, 2.05) is 30.3 Å².